The Hall–Kier alpha value is -0.850. The monoisotopic (exact) mass is 308 g/mol. The molecule has 0 saturated carbocycles. The van der Waals surface area contributed by atoms with Crippen molar-refractivity contribution in [1.29, 1.82) is 0 Å². The number of halogens is 4. The van der Waals surface area contributed by atoms with Gasteiger partial charge in [-0.15, -0.1) is 0 Å². The zero-order valence-corrected chi connectivity index (χ0v) is 11.8. The van der Waals surface area contributed by atoms with E-state index in [-0.39, 0.29) is 10.7 Å². The summed E-state index contributed by atoms with van der Waals surface area (Å²) in [7, 11) is 1.94. The fourth-order valence-corrected chi connectivity index (χ4v) is 2.79. The van der Waals surface area contributed by atoms with Crippen LogP contribution in [0.15, 0.2) is 12.1 Å². The number of aliphatic hydroxyl groups is 1. The van der Waals surface area contributed by atoms with Crippen molar-refractivity contribution in [2.75, 3.05) is 20.1 Å². The van der Waals surface area contributed by atoms with Crippen molar-refractivity contribution in [1.82, 2.24) is 9.88 Å². The molecule has 0 aliphatic carbocycles. The van der Waals surface area contributed by atoms with Crippen molar-refractivity contribution < 1.29 is 18.3 Å². The van der Waals surface area contributed by atoms with Crippen LogP contribution >= 0.6 is 11.6 Å². The van der Waals surface area contributed by atoms with E-state index in [2.05, 4.69) is 9.88 Å². The Balaban J connectivity index is 2.32. The van der Waals surface area contributed by atoms with Gasteiger partial charge in [0.2, 0.25) is 0 Å². The van der Waals surface area contributed by atoms with E-state index >= 15 is 0 Å². The fourth-order valence-electron chi connectivity index (χ4n) is 2.46. The van der Waals surface area contributed by atoms with Crippen molar-refractivity contribution >= 4 is 11.6 Å². The second-order valence-corrected chi connectivity index (χ2v) is 5.58. The van der Waals surface area contributed by atoms with Gasteiger partial charge >= 0.3 is 6.18 Å². The van der Waals surface area contributed by atoms with E-state index in [1.54, 1.807) is 0 Å². The van der Waals surface area contributed by atoms with Gasteiger partial charge in [0.1, 0.15) is 10.8 Å². The van der Waals surface area contributed by atoms with Crippen LogP contribution < -0.4 is 0 Å². The van der Waals surface area contributed by atoms with Crippen LogP contribution in [0.2, 0.25) is 5.15 Å². The summed E-state index contributed by atoms with van der Waals surface area (Å²) in [5.41, 5.74) is -1.97. The first-order chi connectivity index (χ1) is 9.22. The van der Waals surface area contributed by atoms with E-state index < -0.39 is 17.5 Å². The van der Waals surface area contributed by atoms with Crippen LogP contribution in [-0.2, 0) is 11.8 Å². The van der Waals surface area contributed by atoms with E-state index in [1.807, 2.05) is 7.05 Å². The van der Waals surface area contributed by atoms with Gasteiger partial charge in [0.25, 0.3) is 0 Å². The number of hydrogen-bond acceptors (Lipinski definition) is 3. The number of pyridine rings is 1. The van der Waals surface area contributed by atoms with Crippen molar-refractivity contribution in [2.45, 2.75) is 31.0 Å². The minimum absolute atomic E-state index is 0.271. The van der Waals surface area contributed by atoms with Crippen LogP contribution in [0.1, 0.15) is 30.5 Å². The average molecular weight is 309 g/mol. The molecule has 1 N–H and O–H groups in total. The second kappa shape index (κ2) is 5.50. The highest BCUT2D eigenvalue weighted by Crippen LogP contribution is 2.38. The Kier molecular flexibility index (Phi) is 4.27. The molecule has 1 aliphatic heterocycles. The summed E-state index contributed by atoms with van der Waals surface area (Å²) in [5.74, 6) is 0. The molecule has 1 atom stereocenters. The maximum Gasteiger partial charge on any atom is 0.433 e. The molecule has 20 heavy (non-hydrogen) atoms. The van der Waals surface area contributed by atoms with Crippen LogP contribution in [0.4, 0.5) is 13.2 Å². The molecule has 1 fully saturated rings. The quantitative estimate of drug-likeness (QED) is 0.810. The summed E-state index contributed by atoms with van der Waals surface area (Å²) in [6.07, 6.45) is -2.89. The smallest absolute Gasteiger partial charge is 0.385 e. The van der Waals surface area contributed by atoms with Crippen molar-refractivity contribution in [3.8, 4) is 0 Å². The van der Waals surface area contributed by atoms with Crippen LogP contribution in [0.3, 0.4) is 0 Å². The molecule has 1 saturated heterocycles. The highest BCUT2D eigenvalue weighted by molar-refractivity contribution is 6.30. The largest absolute Gasteiger partial charge is 0.433 e. The van der Waals surface area contributed by atoms with E-state index in [0.717, 1.165) is 19.0 Å². The maximum absolute atomic E-state index is 12.6. The fraction of sp³-hybridized carbons (Fsp3) is 0.615. The average Bonchev–Trinajstić information content (AvgIpc) is 2.51. The third-order valence-electron chi connectivity index (χ3n) is 3.68. The molecule has 1 aromatic heterocycles. The number of alkyl halides is 3. The normalized spacial score (nSPS) is 25.5. The van der Waals surface area contributed by atoms with E-state index in [4.69, 9.17) is 11.6 Å². The van der Waals surface area contributed by atoms with Gasteiger partial charge in [0, 0.05) is 12.1 Å². The molecule has 0 amide bonds. The maximum atomic E-state index is 12.6. The van der Waals surface area contributed by atoms with E-state index in [0.29, 0.717) is 19.4 Å². The molecule has 0 aromatic carbocycles. The van der Waals surface area contributed by atoms with Crippen LogP contribution in [0, 0.1) is 0 Å². The Morgan fingerprint density at radius 1 is 1.30 bits per heavy atom. The molecule has 2 heterocycles. The lowest BCUT2D eigenvalue weighted by Gasteiger charge is -2.28. The van der Waals surface area contributed by atoms with Crippen LogP contribution in [0.25, 0.3) is 0 Å². The summed E-state index contributed by atoms with van der Waals surface area (Å²) in [6, 6.07) is 2.11. The van der Waals surface area contributed by atoms with Gasteiger partial charge in [-0.2, -0.15) is 13.2 Å². The molecule has 1 unspecified atom stereocenters. The summed E-state index contributed by atoms with van der Waals surface area (Å²) >= 11 is 5.86. The predicted octanol–water partition coefficient (Wildman–Crippen LogP) is 3.06. The minimum atomic E-state index is -4.53. The van der Waals surface area contributed by atoms with E-state index in [1.165, 1.54) is 6.07 Å². The number of likely N-dealkylation sites (tertiary alicyclic amines) is 1. The molecule has 1 aromatic rings. The van der Waals surface area contributed by atoms with Gasteiger partial charge in [-0.25, -0.2) is 4.98 Å². The van der Waals surface area contributed by atoms with Gasteiger partial charge in [0.15, 0.2) is 0 Å². The predicted molar refractivity (Wildman–Crippen MR) is 69.5 cm³/mol. The molecular weight excluding hydrogens is 293 g/mol. The first kappa shape index (κ1) is 15.5. The lowest BCUT2D eigenvalue weighted by molar-refractivity contribution is -0.141. The minimum Gasteiger partial charge on any atom is -0.385 e. The molecule has 1 aliphatic rings. The van der Waals surface area contributed by atoms with Crippen molar-refractivity contribution in [3.63, 3.8) is 0 Å². The zero-order valence-electron chi connectivity index (χ0n) is 11.0. The highest BCUT2D eigenvalue weighted by atomic mass is 35.5. The number of rotatable bonds is 1. The number of nitrogens with zero attached hydrogens (tertiary/aromatic N) is 2. The highest BCUT2D eigenvalue weighted by Gasteiger charge is 2.37. The topological polar surface area (TPSA) is 36.4 Å². The Morgan fingerprint density at radius 3 is 2.60 bits per heavy atom. The Morgan fingerprint density at radius 2 is 2.00 bits per heavy atom. The third kappa shape index (κ3) is 3.24. The first-order valence-corrected chi connectivity index (χ1v) is 6.75. The molecule has 0 spiro atoms. The van der Waals surface area contributed by atoms with Gasteiger partial charge < -0.3 is 10.0 Å². The van der Waals surface area contributed by atoms with Crippen LogP contribution in [0.5, 0.6) is 0 Å². The number of aromatic nitrogens is 1. The second-order valence-electron chi connectivity index (χ2n) is 5.22. The standard InChI is InChI=1S/C13H16ClF3N2O/c1-19-7-2-5-12(20,6-8-19)9-3-4-10(13(15,16)17)18-11(9)14/h3-4,20H,2,5-8H2,1H3. The molecule has 2 rings (SSSR count). The van der Waals surface area contributed by atoms with Crippen molar-refractivity contribution in [3.05, 3.63) is 28.5 Å². The Bertz CT molecular complexity index is 495. The number of hydrogen-bond donors (Lipinski definition) is 1. The molecule has 112 valence electrons. The molecule has 0 radical (unpaired) electrons. The summed E-state index contributed by atoms with van der Waals surface area (Å²) in [4.78, 5) is 5.45. The zero-order chi connectivity index (χ0) is 15.0. The summed E-state index contributed by atoms with van der Waals surface area (Å²) in [5, 5.41) is 10.4. The molecule has 3 nitrogen and oxygen atoms in total. The first-order valence-electron chi connectivity index (χ1n) is 6.37. The lowest BCUT2D eigenvalue weighted by atomic mass is 9.87. The molecule has 7 heteroatoms. The Labute approximate surface area is 120 Å². The third-order valence-corrected chi connectivity index (χ3v) is 3.97. The van der Waals surface area contributed by atoms with Gasteiger partial charge in [-0.1, -0.05) is 17.7 Å². The van der Waals surface area contributed by atoms with Crippen LogP contribution in [-0.4, -0.2) is 35.1 Å². The van der Waals surface area contributed by atoms with Crippen molar-refractivity contribution in [2.24, 2.45) is 0 Å². The SMILES string of the molecule is CN1CCCC(O)(c2ccc(C(F)(F)F)nc2Cl)CC1. The van der Waals surface area contributed by atoms with Gasteiger partial charge in [-0.3, -0.25) is 0 Å². The lowest BCUT2D eigenvalue weighted by Crippen LogP contribution is -2.28. The van der Waals surface area contributed by atoms with Gasteiger partial charge in [-0.05, 0) is 38.9 Å². The summed E-state index contributed by atoms with van der Waals surface area (Å²) in [6.45, 7) is 1.50. The molecule has 0 bridgehead atoms. The summed E-state index contributed by atoms with van der Waals surface area (Å²) < 4.78 is 37.7. The van der Waals surface area contributed by atoms with E-state index in [9.17, 15) is 18.3 Å². The molecular formula is C13H16ClF3N2O. The van der Waals surface area contributed by atoms with Gasteiger partial charge in [0.05, 0.1) is 5.60 Å².